The third-order valence-corrected chi connectivity index (χ3v) is 3.01. The highest BCUT2D eigenvalue weighted by molar-refractivity contribution is 8.93. The Bertz CT molecular complexity index is 779. The number of hydrogen-bond donors (Lipinski definition) is 2. The van der Waals surface area contributed by atoms with Gasteiger partial charge < -0.3 is 10.3 Å². The molecule has 0 unspecified atom stereocenters. The van der Waals surface area contributed by atoms with Gasteiger partial charge >= 0.3 is 0 Å². The fourth-order valence-electron chi connectivity index (χ4n) is 1.85. The van der Waals surface area contributed by atoms with Gasteiger partial charge in [-0.05, 0) is 23.8 Å². The summed E-state index contributed by atoms with van der Waals surface area (Å²) in [6.45, 7) is 0.329. The molecule has 0 bridgehead atoms. The Kier molecular flexibility index (Phi) is 5.70. The first kappa shape index (κ1) is 17.0. The van der Waals surface area contributed by atoms with Crippen molar-refractivity contribution in [1.29, 1.82) is 10.7 Å². The van der Waals surface area contributed by atoms with Crippen molar-refractivity contribution in [2.24, 2.45) is 5.73 Å². The van der Waals surface area contributed by atoms with Crippen molar-refractivity contribution in [3.8, 4) is 6.07 Å². The Morgan fingerprint density at radius 2 is 2.14 bits per heavy atom. The second kappa shape index (κ2) is 7.07. The molecule has 3 N–H and O–H groups in total. The molecule has 2 rings (SSSR count). The minimum Gasteiger partial charge on any atom is -0.365 e. The zero-order chi connectivity index (χ0) is 14.7. The smallest absolute Gasteiger partial charge is 0.252 e. The minimum absolute atomic E-state index is 0. The first-order valence-corrected chi connectivity index (χ1v) is 6.12. The number of carbonyl (C=O) groups excluding carboxylic acids is 1. The summed E-state index contributed by atoms with van der Waals surface area (Å²) in [7, 11) is 0. The van der Waals surface area contributed by atoms with Crippen LogP contribution in [0.4, 0.5) is 0 Å². The number of primary amides is 1. The molecule has 21 heavy (non-hydrogen) atoms. The molecule has 1 aromatic carbocycles. The van der Waals surface area contributed by atoms with Crippen LogP contribution in [0.15, 0.2) is 36.5 Å². The van der Waals surface area contributed by atoms with E-state index < -0.39 is 5.91 Å². The van der Waals surface area contributed by atoms with Crippen LogP contribution in [0.1, 0.15) is 21.5 Å². The first-order valence-electron chi connectivity index (χ1n) is 5.74. The lowest BCUT2D eigenvalue weighted by atomic mass is 10.1. The van der Waals surface area contributed by atoms with E-state index in [-0.39, 0.29) is 33.6 Å². The monoisotopic (exact) mass is 366 g/mol. The van der Waals surface area contributed by atoms with Crippen LogP contribution in [-0.2, 0) is 6.54 Å². The summed E-state index contributed by atoms with van der Waals surface area (Å²) in [6, 6.07) is 10.4. The van der Waals surface area contributed by atoms with Crippen molar-refractivity contribution in [3.63, 3.8) is 0 Å². The lowest BCUT2D eigenvalue weighted by Gasteiger charge is -2.10. The molecule has 0 saturated carbocycles. The van der Waals surface area contributed by atoms with E-state index in [1.807, 2.05) is 12.1 Å². The number of carbonyl (C=O) groups is 1. The van der Waals surface area contributed by atoms with Crippen molar-refractivity contribution in [2.75, 3.05) is 0 Å². The highest BCUT2D eigenvalue weighted by Crippen LogP contribution is 2.11. The van der Waals surface area contributed by atoms with E-state index in [0.29, 0.717) is 11.6 Å². The van der Waals surface area contributed by atoms with Gasteiger partial charge in [0.15, 0.2) is 0 Å². The molecule has 0 atom stereocenters. The summed E-state index contributed by atoms with van der Waals surface area (Å²) in [5.41, 5.74) is 6.35. The Labute approximate surface area is 136 Å². The number of pyridine rings is 1. The van der Waals surface area contributed by atoms with E-state index in [0.717, 1.165) is 5.56 Å². The fourth-order valence-corrected chi connectivity index (χ4v) is 2.07. The summed E-state index contributed by atoms with van der Waals surface area (Å²) in [6.07, 6.45) is 1.51. The Morgan fingerprint density at radius 3 is 2.71 bits per heavy atom. The number of nitrogens with two attached hydrogens (primary N) is 1. The number of nitriles is 1. The van der Waals surface area contributed by atoms with Gasteiger partial charge in [0.05, 0.1) is 11.1 Å². The molecule has 1 amide bonds. The molecule has 0 aliphatic heterocycles. The molecule has 5 nitrogen and oxygen atoms in total. The number of aromatic nitrogens is 1. The van der Waals surface area contributed by atoms with Crippen LogP contribution in [0.25, 0.3) is 0 Å². The molecular weight excluding hydrogens is 356 g/mol. The molecule has 7 heteroatoms. The first-order chi connectivity index (χ1) is 9.51. The van der Waals surface area contributed by atoms with Crippen LogP contribution in [-0.4, -0.2) is 10.5 Å². The van der Waals surface area contributed by atoms with E-state index in [4.69, 9.17) is 28.0 Å². The molecule has 108 valence electrons. The quantitative estimate of drug-likeness (QED) is 0.870. The number of rotatable bonds is 3. The molecular formula is C14H12BrClN4O. The lowest BCUT2D eigenvalue weighted by molar-refractivity contribution is 0.0997. The van der Waals surface area contributed by atoms with Crippen LogP contribution < -0.4 is 11.2 Å². The van der Waals surface area contributed by atoms with Crippen LogP contribution in [0, 0.1) is 16.7 Å². The number of hydrogen-bond acceptors (Lipinski definition) is 3. The van der Waals surface area contributed by atoms with Gasteiger partial charge in [-0.1, -0.05) is 23.7 Å². The topological polar surface area (TPSA) is 95.7 Å². The van der Waals surface area contributed by atoms with Crippen LogP contribution in [0.5, 0.6) is 0 Å². The van der Waals surface area contributed by atoms with Gasteiger partial charge in [-0.3, -0.25) is 10.2 Å². The maximum Gasteiger partial charge on any atom is 0.252 e. The number of nitrogens with one attached hydrogen (secondary N) is 1. The SMILES string of the molecule is Br.N#Cc1cc(C(N)=O)c(=N)n(Cc2cccc(Cl)c2)c1. The number of amides is 1. The minimum atomic E-state index is -0.730. The van der Waals surface area contributed by atoms with Gasteiger partial charge in [0.1, 0.15) is 11.6 Å². The molecule has 0 aliphatic carbocycles. The lowest BCUT2D eigenvalue weighted by Crippen LogP contribution is -2.30. The van der Waals surface area contributed by atoms with Gasteiger partial charge in [0, 0.05) is 17.8 Å². The van der Waals surface area contributed by atoms with Gasteiger partial charge in [-0.25, -0.2) is 0 Å². The molecule has 1 heterocycles. The average Bonchev–Trinajstić information content (AvgIpc) is 2.40. The average molecular weight is 368 g/mol. The van der Waals surface area contributed by atoms with Crippen molar-refractivity contribution >= 4 is 34.5 Å². The molecule has 0 aliphatic rings. The third kappa shape index (κ3) is 3.94. The Balaban J connectivity index is 0.00000220. The highest BCUT2D eigenvalue weighted by Gasteiger charge is 2.09. The van der Waals surface area contributed by atoms with Gasteiger partial charge in [-0.2, -0.15) is 5.26 Å². The maximum absolute atomic E-state index is 11.3. The second-order valence-electron chi connectivity index (χ2n) is 4.22. The van der Waals surface area contributed by atoms with Gasteiger partial charge in [0.2, 0.25) is 0 Å². The van der Waals surface area contributed by atoms with Crippen molar-refractivity contribution in [1.82, 2.24) is 4.57 Å². The zero-order valence-electron chi connectivity index (χ0n) is 10.8. The normalized spacial score (nSPS) is 9.52. The number of benzene rings is 1. The molecule has 0 spiro atoms. The van der Waals surface area contributed by atoms with E-state index in [1.54, 1.807) is 18.2 Å². The van der Waals surface area contributed by atoms with E-state index in [2.05, 4.69) is 0 Å². The van der Waals surface area contributed by atoms with Gasteiger partial charge in [-0.15, -0.1) is 17.0 Å². The summed E-state index contributed by atoms with van der Waals surface area (Å²) < 4.78 is 1.49. The van der Waals surface area contributed by atoms with Crippen molar-refractivity contribution in [2.45, 2.75) is 6.54 Å². The standard InChI is InChI=1S/C14H11ClN4O.BrH/c15-11-3-1-2-9(4-11)7-19-8-10(6-16)5-12(13(19)17)14(18)20;/h1-5,8,17H,7H2,(H2,18,20);1H. The molecule has 0 saturated heterocycles. The summed E-state index contributed by atoms with van der Waals surface area (Å²) in [5, 5.41) is 17.5. The zero-order valence-corrected chi connectivity index (χ0v) is 13.3. The summed E-state index contributed by atoms with van der Waals surface area (Å²) in [5.74, 6) is -0.730. The molecule has 0 radical (unpaired) electrons. The van der Waals surface area contributed by atoms with Crippen molar-refractivity contribution < 1.29 is 4.79 Å². The van der Waals surface area contributed by atoms with Crippen LogP contribution >= 0.6 is 28.6 Å². The van der Waals surface area contributed by atoms with Crippen LogP contribution in [0.3, 0.4) is 0 Å². The molecule has 1 aromatic heterocycles. The Hall–Kier alpha value is -2.10. The summed E-state index contributed by atoms with van der Waals surface area (Å²) >= 11 is 5.91. The number of nitrogens with zero attached hydrogens (tertiary/aromatic N) is 2. The third-order valence-electron chi connectivity index (χ3n) is 2.77. The van der Waals surface area contributed by atoms with E-state index in [9.17, 15) is 4.79 Å². The predicted octanol–water partition coefficient (Wildman–Crippen LogP) is 2.22. The van der Waals surface area contributed by atoms with Crippen LogP contribution in [0.2, 0.25) is 5.02 Å². The summed E-state index contributed by atoms with van der Waals surface area (Å²) in [4.78, 5) is 11.3. The largest absolute Gasteiger partial charge is 0.365 e. The Morgan fingerprint density at radius 1 is 1.43 bits per heavy atom. The molecule has 2 aromatic rings. The molecule has 0 fully saturated rings. The maximum atomic E-state index is 11.3. The predicted molar refractivity (Wildman–Crippen MR) is 84.4 cm³/mol. The second-order valence-corrected chi connectivity index (χ2v) is 4.66. The highest BCUT2D eigenvalue weighted by atomic mass is 79.9. The van der Waals surface area contributed by atoms with Gasteiger partial charge in [0.25, 0.3) is 5.91 Å². The van der Waals surface area contributed by atoms with E-state index >= 15 is 0 Å². The fraction of sp³-hybridized carbons (Fsp3) is 0.0714. The van der Waals surface area contributed by atoms with E-state index in [1.165, 1.54) is 16.8 Å². The van der Waals surface area contributed by atoms with Crippen molar-refractivity contribution in [3.05, 3.63) is 63.7 Å². The number of halogens is 2.